The van der Waals surface area contributed by atoms with E-state index in [1.807, 2.05) is 13.8 Å². The van der Waals surface area contributed by atoms with Crippen molar-refractivity contribution < 1.29 is 19.4 Å². The highest BCUT2D eigenvalue weighted by Crippen LogP contribution is 2.37. The third-order valence-electron chi connectivity index (χ3n) is 3.88. The van der Waals surface area contributed by atoms with Crippen LogP contribution in [-0.4, -0.2) is 70.4 Å². The summed E-state index contributed by atoms with van der Waals surface area (Å²) in [6.07, 6.45) is 2.00. The van der Waals surface area contributed by atoms with E-state index < -0.39 is 12.0 Å². The van der Waals surface area contributed by atoms with Crippen LogP contribution in [0.15, 0.2) is 0 Å². The van der Waals surface area contributed by atoms with Crippen molar-refractivity contribution >= 4 is 23.8 Å². The van der Waals surface area contributed by atoms with Gasteiger partial charge in [0.05, 0.1) is 12.0 Å². The number of amides is 2. The molecule has 0 aromatic heterocycles. The molecule has 2 atom stereocenters. The van der Waals surface area contributed by atoms with Crippen molar-refractivity contribution in [3.63, 3.8) is 0 Å². The van der Waals surface area contributed by atoms with Gasteiger partial charge in [0.1, 0.15) is 6.04 Å². The minimum atomic E-state index is -0.915. The third-order valence-corrected chi connectivity index (χ3v) is 5.50. The lowest BCUT2D eigenvalue weighted by atomic mass is 10.1. The van der Waals surface area contributed by atoms with Crippen LogP contribution in [0.1, 0.15) is 26.7 Å². The van der Waals surface area contributed by atoms with Crippen LogP contribution in [0.5, 0.6) is 0 Å². The molecule has 1 N–H and O–H groups in total. The number of methoxy groups -OCH3 is 1. The maximum Gasteiger partial charge on any atom is 0.327 e. The summed E-state index contributed by atoms with van der Waals surface area (Å²) < 4.78 is 5.08. The maximum atomic E-state index is 12.9. The zero-order chi connectivity index (χ0) is 15.6. The first-order valence-electron chi connectivity index (χ1n) is 7.39. The highest BCUT2D eigenvalue weighted by Gasteiger charge is 2.46. The fourth-order valence-corrected chi connectivity index (χ4v) is 4.10. The summed E-state index contributed by atoms with van der Waals surface area (Å²) in [5, 5.41) is 9.33. The number of rotatable bonds is 6. The van der Waals surface area contributed by atoms with Gasteiger partial charge in [0.25, 0.3) is 0 Å². The Morgan fingerprint density at radius 1 is 1.43 bits per heavy atom. The van der Waals surface area contributed by atoms with E-state index in [1.165, 1.54) is 0 Å². The normalized spacial score (nSPS) is 25.4. The Kier molecular flexibility index (Phi) is 5.37. The van der Waals surface area contributed by atoms with E-state index in [0.717, 1.165) is 12.8 Å². The summed E-state index contributed by atoms with van der Waals surface area (Å²) in [4.78, 5) is 27.7. The van der Waals surface area contributed by atoms with Crippen LogP contribution in [0.4, 0.5) is 4.79 Å². The summed E-state index contributed by atoms with van der Waals surface area (Å²) >= 11 is 1.56. The summed E-state index contributed by atoms with van der Waals surface area (Å²) in [5.74, 6) is -0.222. The van der Waals surface area contributed by atoms with Crippen molar-refractivity contribution in [2.45, 2.75) is 44.1 Å². The van der Waals surface area contributed by atoms with Crippen molar-refractivity contribution in [2.75, 3.05) is 26.0 Å². The van der Waals surface area contributed by atoms with Gasteiger partial charge in [-0.3, -0.25) is 4.90 Å². The highest BCUT2D eigenvalue weighted by atomic mass is 32.2. The minimum absolute atomic E-state index is 0.0672. The molecule has 0 radical (unpaired) electrons. The largest absolute Gasteiger partial charge is 0.480 e. The Morgan fingerprint density at radius 3 is 2.57 bits per heavy atom. The Morgan fingerprint density at radius 2 is 2.10 bits per heavy atom. The van der Waals surface area contributed by atoms with Gasteiger partial charge in [0.15, 0.2) is 0 Å². The van der Waals surface area contributed by atoms with E-state index in [0.29, 0.717) is 18.9 Å². The average molecular weight is 316 g/mol. The Hall–Kier alpha value is -0.950. The molecule has 120 valence electrons. The molecule has 0 spiro atoms. The first kappa shape index (κ1) is 16.4. The summed E-state index contributed by atoms with van der Waals surface area (Å²) in [7, 11) is 1.61. The van der Waals surface area contributed by atoms with E-state index in [-0.39, 0.29) is 23.4 Å². The molecule has 1 saturated heterocycles. The second kappa shape index (κ2) is 6.87. The summed E-state index contributed by atoms with van der Waals surface area (Å²) in [6.45, 7) is 5.06. The lowest BCUT2D eigenvalue weighted by Crippen LogP contribution is -2.53. The van der Waals surface area contributed by atoms with Crippen LogP contribution in [0.25, 0.3) is 0 Å². The second-order valence-electron chi connectivity index (χ2n) is 5.93. The van der Waals surface area contributed by atoms with Gasteiger partial charge in [0, 0.05) is 25.4 Å². The third kappa shape index (κ3) is 3.63. The van der Waals surface area contributed by atoms with E-state index in [1.54, 1.807) is 28.7 Å². The van der Waals surface area contributed by atoms with Gasteiger partial charge in [-0.1, -0.05) is 13.8 Å². The zero-order valence-corrected chi connectivity index (χ0v) is 13.6. The van der Waals surface area contributed by atoms with E-state index in [9.17, 15) is 14.7 Å². The lowest BCUT2D eigenvalue weighted by Gasteiger charge is -2.35. The molecule has 6 nitrogen and oxygen atoms in total. The SMILES string of the molecule is COCCN(C(=O)N1C(C(=O)O)CSC1C(C)C)C1CC1. The fourth-order valence-electron chi connectivity index (χ4n) is 2.63. The predicted octanol–water partition coefficient (Wildman–Crippen LogP) is 1.70. The molecule has 0 aromatic rings. The fraction of sp³-hybridized carbons (Fsp3) is 0.857. The molecule has 0 bridgehead atoms. The number of carboxylic acid groups (broad SMARTS) is 1. The van der Waals surface area contributed by atoms with Gasteiger partial charge in [-0.15, -0.1) is 11.8 Å². The maximum absolute atomic E-state index is 12.9. The molecule has 1 aliphatic carbocycles. The predicted molar refractivity (Wildman–Crippen MR) is 81.3 cm³/mol. The number of hydrogen-bond donors (Lipinski definition) is 1. The number of nitrogens with zero attached hydrogens (tertiary/aromatic N) is 2. The molecule has 2 fully saturated rings. The van der Waals surface area contributed by atoms with Gasteiger partial charge in [0.2, 0.25) is 0 Å². The molecule has 7 heteroatoms. The molecular formula is C14H24N2O4S. The molecule has 1 heterocycles. The average Bonchev–Trinajstić information content (AvgIpc) is 3.15. The Bertz CT molecular complexity index is 400. The molecule has 0 aromatic carbocycles. The second-order valence-corrected chi connectivity index (χ2v) is 7.08. The van der Waals surface area contributed by atoms with Gasteiger partial charge in [-0.2, -0.15) is 0 Å². The molecule has 21 heavy (non-hydrogen) atoms. The Balaban J connectivity index is 2.16. The number of hydrogen-bond acceptors (Lipinski definition) is 4. The first-order valence-corrected chi connectivity index (χ1v) is 8.44. The molecule has 2 amide bonds. The minimum Gasteiger partial charge on any atom is -0.480 e. The van der Waals surface area contributed by atoms with Gasteiger partial charge < -0.3 is 14.7 Å². The number of thioether (sulfide) groups is 1. The monoisotopic (exact) mass is 316 g/mol. The van der Waals surface area contributed by atoms with E-state index >= 15 is 0 Å². The lowest BCUT2D eigenvalue weighted by molar-refractivity contribution is -0.141. The van der Waals surface area contributed by atoms with Crippen molar-refractivity contribution in [1.82, 2.24) is 9.80 Å². The number of carbonyl (C=O) groups excluding carboxylic acids is 1. The topological polar surface area (TPSA) is 70.1 Å². The Labute approximate surface area is 129 Å². The summed E-state index contributed by atoms with van der Waals surface area (Å²) in [6, 6.07) is -0.621. The van der Waals surface area contributed by atoms with Crippen LogP contribution < -0.4 is 0 Å². The summed E-state index contributed by atoms with van der Waals surface area (Å²) in [5.41, 5.74) is 0. The van der Waals surface area contributed by atoms with Gasteiger partial charge >= 0.3 is 12.0 Å². The molecule has 2 aliphatic rings. The number of urea groups is 1. The quantitative estimate of drug-likeness (QED) is 0.807. The standard InChI is InChI=1S/C14H24N2O4S/c1-9(2)12-16(11(8-21-12)13(17)18)14(19)15(6-7-20-3)10-4-5-10/h9-12H,4-8H2,1-3H3,(H,17,18). The molecule has 1 aliphatic heterocycles. The van der Waals surface area contributed by atoms with Gasteiger partial charge in [-0.25, -0.2) is 9.59 Å². The number of carbonyl (C=O) groups is 2. The number of aliphatic carboxylic acids is 1. The van der Waals surface area contributed by atoms with Crippen molar-refractivity contribution in [3.05, 3.63) is 0 Å². The molecule has 2 unspecified atom stereocenters. The smallest absolute Gasteiger partial charge is 0.327 e. The van der Waals surface area contributed by atoms with Crippen LogP contribution in [-0.2, 0) is 9.53 Å². The molecule has 1 saturated carbocycles. The molecule has 2 rings (SSSR count). The van der Waals surface area contributed by atoms with Crippen molar-refractivity contribution in [2.24, 2.45) is 5.92 Å². The van der Waals surface area contributed by atoms with Crippen LogP contribution in [0, 0.1) is 5.92 Å². The zero-order valence-electron chi connectivity index (χ0n) is 12.8. The van der Waals surface area contributed by atoms with Crippen LogP contribution in [0.3, 0.4) is 0 Å². The highest BCUT2D eigenvalue weighted by molar-refractivity contribution is 8.00. The van der Waals surface area contributed by atoms with Gasteiger partial charge in [-0.05, 0) is 18.8 Å². The van der Waals surface area contributed by atoms with E-state index in [2.05, 4.69) is 0 Å². The van der Waals surface area contributed by atoms with Crippen molar-refractivity contribution in [3.8, 4) is 0 Å². The number of carboxylic acids is 1. The number of ether oxygens (including phenoxy) is 1. The van der Waals surface area contributed by atoms with Crippen LogP contribution >= 0.6 is 11.8 Å². The first-order chi connectivity index (χ1) is 9.97. The van der Waals surface area contributed by atoms with E-state index in [4.69, 9.17) is 4.74 Å². The molecular weight excluding hydrogens is 292 g/mol. The van der Waals surface area contributed by atoms with Crippen LogP contribution in [0.2, 0.25) is 0 Å². The van der Waals surface area contributed by atoms with Crippen molar-refractivity contribution in [1.29, 1.82) is 0 Å².